The number of rotatable bonds is 9. The minimum Gasteiger partial charge on any atom is -0.497 e. The number of para-hydroxylation sites is 1. The van der Waals surface area contributed by atoms with Crippen molar-refractivity contribution in [3.05, 3.63) is 59.7 Å². The fourth-order valence-electron chi connectivity index (χ4n) is 2.50. The molecule has 0 aliphatic carbocycles. The minimum absolute atomic E-state index is 0.403. The Morgan fingerprint density at radius 3 is 2.48 bits per heavy atom. The van der Waals surface area contributed by atoms with Gasteiger partial charge < -0.3 is 24.6 Å². The van der Waals surface area contributed by atoms with Crippen LogP contribution in [0.5, 0.6) is 17.2 Å². The Bertz CT molecular complexity index is 700. The Labute approximate surface area is 148 Å². The Morgan fingerprint density at radius 2 is 1.76 bits per heavy atom. The molecule has 134 valence electrons. The second-order valence-electron chi connectivity index (χ2n) is 5.43. The summed E-state index contributed by atoms with van der Waals surface area (Å²) in [5.74, 6) is 2.16. The van der Waals surface area contributed by atoms with Crippen molar-refractivity contribution < 1.29 is 19.3 Å². The van der Waals surface area contributed by atoms with E-state index in [2.05, 4.69) is 5.32 Å². The highest BCUT2D eigenvalue weighted by molar-refractivity contribution is 5.57. The Hall–Kier alpha value is -2.50. The predicted octanol–water partition coefficient (Wildman–Crippen LogP) is 3.05. The van der Waals surface area contributed by atoms with E-state index in [-0.39, 0.29) is 0 Å². The van der Waals surface area contributed by atoms with Crippen LogP contribution in [0, 0.1) is 0 Å². The van der Waals surface area contributed by atoms with E-state index in [1.165, 1.54) is 0 Å². The predicted molar refractivity (Wildman–Crippen MR) is 99.4 cm³/mol. The van der Waals surface area contributed by atoms with Gasteiger partial charge in [0, 0.05) is 24.2 Å². The molecule has 0 radical (unpaired) electrons. The largest absolute Gasteiger partial charge is 0.497 e. The molecule has 0 amide bonds. The molecule has 5 heteroatoms. The lowest BCUT2D eigenvalue weighted by molar-refractivity contribution is 0.171. The zero-order valence-corrected chi connectivity index (χ0v) is 14.9. The van der Waals surface area contributed by atoms with Gasteiger partial charge in [-0.2, -0.15) is 0 Å². The third-order valence-corrected chi connectivity index (χ3v) is 3.83. The van der Waals surface area contributed by atoms with Gasteiger partial charge in [-0.15, -0.1) is 0 Å². The second kappa shape index (κ2) is 9.71. The molecule has 25 heavy (non-hydrogen) atoms. The molecule has 2 rings (SSSR count). The van der Waals surface area contributed by atoms with Gasteiger partial charge in [0.15, 0.2) is 0 Å². The maximum absolute atomic E-state index is 10.4. The normalized spacial score (nSPS) is 12.2. The van der Waals surface area contributed by atoms with E-state index in [9.17, 15) is 5.11 Å². The van der Waals surface area contributed by atoms with Crippen LogP contribution in [-0.4, -0.2) is 39.5 Å². The summed E-state index contributed by atoms with van der Waals surface area (Å²) in [6.45, 7) is 1.03. The molecule has 5 nitrogen and oxygen atoms in total. The molecule has 0 saturated carbocycles. The van der Waals surface area contributed by atoms with Crippen molar-refractivity contribution >= 4 is 6.08 Å². The lowest BCUT2D eigenvalue weighted by atomic mass is 10.1. The van der Waals surface area contributed by atoms with Crippen LogP contribution in [-0.2, 0) is 0 Å². The number of aliphatic hydroxyl groups is 1. The van der Waals surface area contributed by atoms with Gasteiger partial charge in [0.1, 0.15) is 17.2 Å². The number of hydrogen-bond donors (Lipinski definition) is 2. The van der Waals surface area contributed by atoms with Crippen molar-refractivity contribution in [1.29, 1.82) is 0 Å². The summed E-state index contributed by atoms with van der Waals surface area (Å²) >= 11 is 0. The van der Waals surface area contributed by atoms with Gasteiger partial charge in [-0.1, -0.05) is 30.4 Å². The van der Waals surface area contributed by atoms with E-state index >= 15 is 0 Å². The highest BCUT2D eigenvalue weighted by Crippen LogP contribution is 2.29. The first-order valence-electron chi connectivity index (χ1n) is 8.09. The lowest BCUT2D eigenvalue weighted by Crippen LogP contribution is -2.21. The fourth-order valence-corrected chi connectivity index (χ4v) is 2.50. The second-order valence-corrected chi connectivity index (χ2v) is 5.43. The number of aliphatic hydroxyl groups excluding tert-OH is 1. The Kier molecular flexibility index (Phi) is 7.32. The van der Waals surface area contributed by atoms with Gasteiger partial charge in [-0.05, 0) is 24.3 Å². The fraction of sp³-hybridized carbons (Fsp3) is 0.300. The van der Waals surface area contributed by atoms with E-state index in [1.54, 1.807) is 39.5 Å². The maximum Gasteiger partial charge on any atom is 0.126 e. The molecule has 1 atom stereocenters. The molecule has 0 saturated heterocycles. The van der Waals surface area contributed by atoms with Crippen LogP contribution in [0.3, 0.4) is 0 Å². The highest BCUT2D eigenvalue weighted by Gasteiger charge is 2.14. The monoisotopic (exact) mass is 343 g/mol. The molecule has 2 aromatic carbocycles. The summed E-state index contributed by atoms with van der Waals surface area (Å²) in [6, 6.07) is 13.2. The first-order valence-corrected chi connectivity index (χ1v) is 8.09. The van der Waals surface area contributed by atoms with Crippen molar-refractivity contribution in [3.63, 3.8) is 0 Å². The van der Waals surface area contributed by atoms with Crippen LogP contribution < -0.4 is 19.5 Å². The van der Waals surface area contributed by atoms with E-state index in [0.29, 0.717) is 30.2 Å². The summed E-state index contributed by atoms with van der Waals surface area (Å²) in [4.78, 5) is 0. The summed E-state index contributed by atoms with van der Waals surface area (Å²) in [7, 11) is 4.84. The molecule has 0 aliphatic heterocycles. The van der Waals surface area contributed by atoms with Crippen LogP contribution in [0.1, 0.15) is 17.2 Å². The van der Waals surface area contributed by atoms with Crippen LogP contribution in [0.4, 0.5) is 0 Å². The third kappa shape index (κ3) is 5.24. The maximum atomic E-state index is 10.4. The average molecular weight is 343 g/mol. The standard InChI is InChI=1S/C20H25NO4/c1-23-16-10-11-20(25-3)17(13-16)18(22)14-21-12-6-8-15-7-4-5-9-19(15)24-2/h4-11,13,18,21-22H,12,14H2,1-3H3/b8-6-/t18-/m1/s1. The molecule has 0 fully saturated rings. The first-order chi connectivity index (χ1) is 12.2. The van der Waals surface area contributed by atoms with E-state index in [4.69, 9.17) is 14.2 Å². The van der Waals surface area contributed by atoms with Gasteiger partial charge in [-0.3, -0.25) is 0 Å². The average Bonchev–Trinajstić information content (AvgIpc) is 2.67. The Balaban J connectivity index is 1.90. The van der Waals surface area contributed by atoms with Gasteiger partial charge in [0.25, 0.3) is 0 Å². The van der Waals surface area contributed by atoms with Crippen LogP contribution in [0.2, 0.25) is 0 Å². The molecule has 0 unspecified atom stereocenters. The minimum atomic E-state index is -0.690. The summed E-state index contributed by atoms with van der Waals surface area (Å²) in [5.41, 5.74) is 1.71. The summed E-state index contributed by atoms with van der Waals surface area (Å²) in [5, 5.41) is 13.6. The van der Waals surface area contributed by atoms with Crippen LogP contribution >= 0.6 is 0 Å². The number of methoxy groups -OCH3 is 3. The lowest BCUT2D eigenvalue weighted by Gasteiger charge is -2.16. The number of hydrogen-bond acceptors (Lipinski definition) is 5. The quantitative estimate of drug-likeness (QED) is 0.685. The van der Waals surface area contributed by atoms with Crippen molar-refractivity contribution in [2.24, 2.45) is 0 Å². The van der Waals surface area contributed by atoms with Gasteiger partial charge in [0.2, 0.25) is 0 Å². The third-order valence-electron chi connectivity index (χ3n) is 3.83. The van der Waals surface area contributed by atoms with Gasteiger partial charge >= 0.3 is 0 Å². The molecule has 0 heterocycles. The van der Waals surface area contributed by atoms with Crippen LogP contribution in [0.15, 0.2) is 48.5 Å². The zero-order chi connectivity index (χ0) is 18.1. The SMILES string of the molecule is COc1ccc(OC)c([C@H](O)CNC/C=C\c2ccccc2OC)c1. The van der Waals surface area contributed by atoms with Gasteiger partial charge in [0.05, 0.1) is 27.4 Å². The number of ether oxygens (including phenoxy) is 3. The zero-order valence-electron chi connectivity index (χ0n) is 14.9. The van der Waals surface area contributed by atoms with Crippen molar-refractivity contribution in [2.75, 3.05) is 34.4 Å². The topological polar surface area (TPSA) is 60.0 Å². The molecule has 2 N–H and O–H groups in total. The summed E-state index contributed by atoms with van der Waals surface area (Å²) < 4.78 is 15.8. The van der Waals surface area contributed by atoms with Crippen LogP contribution in [0.25, 0.3) is 6.08 Å². The molecule has 2 aromatic rings. The molecular weight excluding hydrogens is 318 g/mol. The first kappa shape index (κ1) is 18.8. The van der Waals surface area contributed by atoms with E-state index in [0.717, 1.165) is 11.3 Å². The molecular formula is C20H25NO4. The smallest absolute Gasteiger partial charge is 0.126 e. The summed E-state index contributed by atoms with van der Waals surface area (Å²) in [6.07, 6.45) is 3.29. The van der Waals surface area contributed by atoms with Gasteiger partial charge in [-0.25, -0.2) is 0 Å². The van der Waals surface area contributed by atoms with Crippen molar-refractivity contribution in [1.82, 2.24) is 5.32 Å². The van der Waals surface area contributed by atoms with Crippen molar-refractivity contribution in [3.8, 4) is 17.2 Å². The molecule has 0 aromatic heterocycles. The van der Waals surface area contributed by atoms with E-state index < -0.39 is 6.10 Å². The van der Waals surface area contributed by atoms with E-state index in [1.807, 2.05) is 36.4 Å². The molecule has 0 aliphatic rings. The molecule has 0 bridgehead atoms. The Morgan fingerprint density at radius 1 is 1.00 bits per heavy atom. The highest BCUT2D eigenvalue weighted by atomic mass is 16.5. The van der Waals surface area contributed by atoms with Crippen molar-refractivity contribution in [2.45, 2.75) is 6.10 Å². The number of nitrogens with one attached hydrogen (secondary N) is 1. The molecule has 0 spiro atoms. The number of benzene rings is 2.